The number of methoxy groups -OCH3 is 1. The minimum absolute atomic E-state index is 0.211. The van der Waals surface area contributed by atoms with Gasteiger partial charge < -0.3 is 10.1 Å². The van der Waals surface area contributed by atoms with E-state index in [0.717, 1.165) is 5.56 Å². The van der Waals surface area contributed by atoms with Crippen LogP contribution in [0.25, 0.3) is 0 Å². The van der Waals surface area contributed by atoms with Crippen LogP contribution in [0, 0.1) is 11.3 Å². The fourth-order valence-electron chi connectivity index (χ4n) is 1.97. The molecule has 5 heteroatoms. The molecule has 112 valence electrons. The molecule has 1 aromatic rings. The molecule has 0 aliphatic heterocycles. The summed E-state index contributed by atoms with van der Waals surface area (Å²) < 4.78 is 4.70. The highest BCUT2D eigenvalue weighted by Gasteiger charge is 2.20. The highest BCUT2D eigenvalue weighted by molar-refractivity contribution is 5.85. The zero-order valence-corrected chi connectivity index (χ0v) is 12.2. The molecule has 0 radical (unpaired) electrons. The standard InChI is InChI=1S/C16H20N2O3/c1-21-16(20)14(10-6-3-7-11-17)18-15(19)12-13-8-4-2-5-9-13/h2,4-5,8-9,14H,3,6-7,10,12H2,1H3,(H,18,19)/t14-/m0/s1. The summed E-state index contributed by atoms with van der Waals surface area (Å²) in [5.41, 5.74) is 0.892. The third-order valence-electron chi connectivity index (χ3n) is 3.06. The number of amides is 1. The largest absolute Gasteiger partial charge is 0.467 e. The van der Waals surface area contributed by atoms with E-state index in [2.05, 4.69) is 11.4 Å². The van der Waals surface area contributed by atoms with Crippen LogP contribution in [0.3, 0.4) is 0 Å². The maximum Gasteiger partial charge on any atom is 0.328 e. The van der Waals surface area contributed by atoms with Gasteiger partial charge in [0.2, 0.25) is 5.91 Å². The second-order valence-electron chi connectivity index (χ2n) is 4.71. The Morgan fingerprint density at radius 2 is 2.00 bits per heavy atom. The molecular formula is C16H20N2O3. The van der Waals surface area contributed by atoms with E-state index in [4.69, 9.17) is 10.00 Å². The zero-order valence-electron chi connectivity index (χ0n) is 12.2. The van der Waals surface area contributed by atoms with E-state index in [-0.39, 0.29) is 12.3 Å². The molecule has 0 spiro atoms. The second kappa shape index (κ2) is 9.54. The van der Waals surface area contributed by atoms with E-state index in [1.54, 1.807) is 0 Å². The van der Waals surface area contributed by atoms with E-state index in [9.17, 15) is 9.59 Å². The Bertz CT molecular complexity index is 494. The first kappa shape index (κ1) is 16.7. The number of unbranched alkanes of at least 4 members (excludes halogenated alkanes) is 2. The first-order chi connectivity index (χ1) is 10.2. The number of nitrogens with zero attached hydrogens (tertiary/aromatic N) is 1. The first-order valence-corrected chi connectivity index (χ1v) is 6.95. The van der Waals surface area contributed by atoms with Gasteiger partial charge in [-0.3, -0.25) is 4.79 Å². The summed E-state index contributed by atoms with van der Waals surface area (Å²) in [4.78, 5) is 23.6. The van der Waals surface area contributed by atoms with Crippen LogP contribution in [-0.2, 0) is 20.7 Å². The summed E-state index contributed by atoms with van der Waals surface area (Å²) in [5.74, 6) is -0.662. The van der Waals surface area contributed by atoms with Gasteiger partial charge in [-0.15, -0.1) is 0 Å². The maximum absolute atomic E-state index is 12.0. The van der Waals surface area contributed by atoms with Gasteiger partial charge in [0, 0.05) is 6.42 Å². The number of esters is 1. The van der Waals surface area contributed by atoms with Crippen molar-refractivity contribution in [2.24, 2.45) is 0 Å². The fraction of sp³-hybridized carbons (Fsp3) is 0.438. The van der Waals surface area contributed by atoms with Crippen LogP contribution in [-0.4, -0.2) is 25.0 Å². The van der Waals surface area contributed by atoms with Crippen molar-refractivity contribution in [2.45, 2.75) is 38.1 Å². The fourth-order valence-corrected chi connectivity index (χ4v) is 1.97. The number of hydrogen-bond acceptors (Lipinski definition) is 4. The minimum atomic E-state index is -0.648. The van der Waals surface area contributed by atoms with Gasteiger partial charge in [0.05, 0.1) is 19.6 Å². The molecule has 0 bridgehead atoms. The average molecular weight is 288 g/mol. The SMILES string of the molecule is COC(=O)[C@H](CCCCC#N)NC(=O)Cc1ccccc1. The number of ether oxygens (including phenoxy) is 1. The predicted molar refractivity (Wildman–Crippen MR) is 78.2 cm³/mol. The lowest BCUT2D eigenvalue weighted by atomic mass is 10.1. The molecular weight excluding hydrogens is 268 g/mol. The molecule has 0 unspecified atom stereocenters. The van der Waals surface area contributed by atoms with E-state index in [1.165, 1.54) is 7.11 Å². The number of nitriles is 1. The van der Waals surface area contributed by atoms with Crippen molar-refractivity contribution in [3.05, 3.63) is 35.9 Å². The van der Waals surface area contributed by atoms with E-state index in [0.29, 0.717) is 25.7 Å². The molecule has 1 atom stereocenters. The summed E-state index contributed by atoms with van der Waals surface area (Å²) in [5, 5.41) is 11.2. The summed E-state index contributed by atoms with van der Waals surface area (Å²) in [6.07, 6.45) is 2.56. The van der Waals surface area contributed by atoms with Crippen molar-refractivity contribution in [1.29, 1.82) is 5.26 Å². The lowest BCUT2D eigenvalue weighted by Gasteiger charge is -2.16. The summed E-state index contributed by atoms with van der Waals surface area (Å²) >= 11 is 0. The van der Waals surface area contributed by atoms with Crippen LogP contribution in [0.4, 0.5) is 0 Å². The third kappa shape index (κ3) is 6.57. The Labute approximate surface area is 124 Å². The van der Waals surface area contributed by atoms with Gasteiger partial charge >= 0.3 is 5.97 Å². The molecule has 1 rings (SSSR count). The highest BCUT2D eigenvalue weighted by atomic mass is 16.5. The number of benzene rings is 1. The second-order valence-corrected chi connectivity index (χ2v) is 4.71. The van der Waals surface area contributed by atoms with Gasteiger partial charge in [0.25, 0.3) is 0 Å². The number of carbonyl (C=O) groups is 2. The van der Waals surface area contributed by atoms with Gasteiger partial charge in [0.1, 0.15) is 6.04 Å². The monoisotopic (exact) mass is 288 g/mol. The van der Waals surface area contributed by atoms with Crippen LogP contribution < -0.4 is 5.32 Å². The Balaban J connectivity index is 2.49. The number of hydrogen-bond donors (Lipinski definition) is 1. The van der Waals surface area contributed by atoms with Crippen molar-refractivity contribution in [3.8, 4) is 6.07 Å². The van der Waals surface area contributed by atoms with Crippen LogP contribution in [0.15, 0.2) is 30.3 Å². The van der Waals surface area contributed by atoms with Gasteiger partial charge in [-0.2, -0.15) is 5.26 Å². The third-order valence-corrected chi connectivity index (χ3v) is 3.06. The normalized spacial score (nSPS) is 11.2. The van der Waals surface area contributed by atoms with Gasteiger partial charge in [-0.1, -0.05) is 30.3 Å². The minimum Gasteiger partial charge on any atom is -0.467 e. The van der Waals surface area contributed by atoms with Crippen molar-refractivity contribution < 1.29 is 14.3 Å². The average Bonchev–Trinajstić information content (AvgIpc) is 2.50. The van der Waals surface area contributed by atoms with Crippen molar-refractivity contribution in [3.63, 3.8) is 0 Å². The molecule has 0 aliphatic carbocycles. The molecule has 0 heterocycles. The summed E-state index contributed by atoms with van der Waals surface area (Å²) in [7, 11) is 1.30. The summed E-state index contributed by atoms with van der Waals surface area (Å²) in [6.45, 7) is 0. The molecule has 1 amide bonds. The van der Waals surface area contributed by atoms with E-state index < -0.39 is 12.0 Å². The van der Waals surface area contributed by atoms with E-state index in [1.807, 2.05) is 30.3 Å². The smallest absolute Gasteiger partial charge is 0.328 e. The highest BCUT2D eigenvalue weighted by Crippen LogP contribution is 2.06. The summed E-state index contributed by atoms with van der Waals surface area (Å²) in [6, 6.07) is 10.7. The molecule has 1 aromatic carbocycles. The Kier molecular flexibility index (Phi) is 7.59. The molecule has 0 saturated carbocycles. The van der Waals surface area contributed by atoms with Crippen LogP contribution in [0.2, 0.25) is 0 Å². The van der Waals surface area contributed by atoms with Gasteiger partial charge in [-0.05, 0) is 24.8 Å². The molecule has 0 aliphatic rings. The van der Waals surface area contributed by atoms with Gasteiger partial charge in [0.15, 0.2) is 0 Å². The van der Waals surface area contributed by atoms with Crippen LogP contribution in [0.1, 0.15) is 31.2 Å². The maximum atomic E-state index is 12.0. The molecule has 1 N–H and O–H groups in total. The Morgan fingerprint density at radius 1 is 1.29 bits per heavy atom. The topological polar surface area (TPSA) is 79.2 Å². The number of nitrogens with one attached hydrogen (secondary N) is 1. The van der Waals surface area contributed by atoms with Crippen LogP contribution >= 0.6 is 0 Å². The Hall–Kier alpha value is -2.35. The lowest BCUT2D eigenvalue weighted by Crippen LogP contribution is -2.42. The van der Waals surface area contributed by atoms with Crippen molar-refractivity contribution in [2.75, 3.05) is 7.11 Å². The van der Waals surface area contributed by atoms with Crippen LogP contribution in [0.5, 0.6) is 0 Å². The number of carbonyl (C=O) groups excluding carboxylic acids is 2. The predicted octanol–water partition coefficient (Wildman–Crippen LogP) is 1.97. The quantitative estimate of drug-likeness (QED) is 0.586. The van der Waals surface area contributed by atoms with Gasteiger partial charge in [-0.25, -0.2) is 4.79 Å². The van der Waals surface area contributed by atoms with E-state index >= 15 is 0 Å². The molecule has 0 saturated heterocycles. The number of rotatable bonds is 8. The zero-order chi connectivity index (χ0) is 15.5. The van der Waals surface area contributed by atoms with Crippen molar-refractivity contribution in [1.82, 2.24) is 5.32 Å². The lowest BCUT2D eigenvalue weighted by molar-refractivity contribution is -0.145. The van der Waals surface area contributed by atoms with Crippen molar-refractivity contribution >= 4 is 11.9 Å². The molecule has 0 fully saturated rings. The Morgan fingerprint density at radius 3 is 2.62 bits per heavy atom. The molecule has 0 aromatic heterocycles. The molecule has 21 heavy (non-hydrogen) atoms. The first-order valence-electron chi connectivity index (χ1n) is 6.95. The molecule has 5 nitrogen and oxygen atoms in total.